The fraction of sp³-hybridized carbons (Fsp3) is 0.562. The molecule has 24 heavy (non-hydrogen) atoms. The number of guanidine groups is 1. The van der Waals surface area contributed by atoms with Crippen molar-refractivity contribution < 1.29 is 9.66 Å². The van der Waals surface area contributed by atoms with Crippen LogP contribution in [0.25, 0.3) is 0 Å². The molecule has 3 rings (SSSR count). The molecule has 0 spiro atoms. The van der Waals surface area contributed by atoms with E-state index in [9.17, 15) is 10.1 Å². The zero-order valence-electron chi connectivity index (χ0n) is 13.6. The summed E-state index contributed by atoms with van der Waals surface area (Å²) in [5.41, 5.74) is 0.915. The normalized spacial score (nSPS) is 25.2. The van der Waals surface area contributed by atoms with Gasteiger partial charge in [0.2, 0.25) is 0 Å². The fourth-order valence-corrected chi connectivity index (χ4v) is 3.22. The Balaban J connectivity index is 0.00000208. The molecule has 2 aliphatic heterocycles. The third kappa shape index (κ3) is 4.56. The number of rotatable bonds is 5. The minimum Gasteiger partial charge on any atom is -0.373 e. The molecule has 1 aromatic rings. The first-order chi connectivity index (χ1) is 11.2. The van der Waals surface area contributed by atoms with Crippen LogP contribution in [-0.2, 0) is 11.3 Å². The molecule has 0 saturated carbocycles. The molecule has 2 saturated heterocycles. The zero-order valence-corrected chi connectivity index (χ0v) is 15.9. The van der Waals surface area contributed by atoms with E-state index in [2.05, 4.69) is 15.6 Å². The summed E-state index contributed by atoms with van der Waals surface area (Å²) in [6, 6.07) is 6.89. The highest BCUT2D eigenvalue weighted by Gasteiger charge is 2.41. The molecule has 1 aromatic carbocycles. The maximum Gasteiger partial charge on any atom is 0.269 e. The molecule has 2 bridgehead atoms. The maximum atomic E-state index is 10.8. The average molecular weight is 446 g/mol. The smallest absolute Gasteiger partial charge is 0.269 e. The van der Waals surface area contributed by atoms with E-state index in [0.717, 1.165) is 37.3 Å². The SMILES string of the molecule is CCNC(=NCc1cccc([N+](=O)[O-])c1)NC1CC2CCC1O2.I. The van der Waals surface area contributed by atoms with Crippen LogP contribution in [0.1, 0.15) is 31.7 Å². The van der Waals surface area contributed by atoms with Gasteiger partial charge in [-0.15, -0.1) is 24.0 Å². The third-order valence-electron chi connectivity index (χ3n) is 4.31. The van der Waals surface area contributed by atoms with E-state index in [4.69, 9.17) is 4.74 Å². The van der Waals surface area contributed by atoms with Crippen LogP contribution >= 0.6 is 24.0 Å². The number of benzene rings is 1. The molecule has 132 valence electrons. The number of ether oxygens (including phenoxy) is 1. The second-order valence-corrected chi connectivity index (χ2v) is 5.98. The van der Waals surface area contributed by atoms with Crippen molar-refractivity contribution in [3.63, 3.8) is 0 Å². The second-order valence-electron chi connectivity index (χ2n) is 5.98. The van der Waals surface area contributed by atoms with Gasteiger partial charge in [-0.25, -0.2) is 4.99 Å². The van der Waals surface area contributed by atoms with Gasteiger partial charge in [0.25, 0.3) is 5.69 Å². The van der Waals surface area contributed by atoms with Crippen LogP contribution in [0.2, 0.25) is 0 Å². The molecule has 0 aromatic heterocycles. The van der Waals surface area contributed by atoms with Crippen molar-refractivity contribution in [2.24, 2.45) is 4.99 Å². The lowest BCUT2D eigenvalue weighted by Crippen LogP contribution is -2.47. The highest BCUT2D eigenvalue weighted by molar-refractivity contribution is 14.0. The molecule has 2 N–H and O–H groups in total. The molecule has 0 amide bonds. The van der Waals surface area contributed by atoms with Gasteiger partial charge < -0.3 is 15.4 Å². The first-order valence-corrected chi connectivity index (χ1v) is 8.09. The van der Waals surface area contributed by atoms with Gasteiger partial charge in [-0.3, -0.25) is 10.1 Å². The van der Waals surface area contributed by atoms with E-state index in [1.165, 1.54) is 6.07 Å². The summed E-state index contributed by atoms with van der Waals surface area (Å²) in [7, 11) is 0. The number of aliphatic imine (C=N–C) groups is 1. The van der Waals surface area contributed by atoms with Crippen molar-refractivity contribution in [2.45, 2.75) is 51.0 Å². The maximum absolute atomic E-state index is 10.8. The van der Waals surface area contributed by atoms with E-state index < -0.39 is 0 Å². The Bertz CT molecular complexity index is 611. The predicted octanol–water partition coefficient (Wildman–Crippen LogP) is 2.59. The highest BCUT2D eigenvalue weighted by atomic mass is 127. The van der Waals surface area contributed by atoms with Crippen molar-refractivity contribution in [3.8, 4) is 0 Å². The number of hydrogen-bond acceptors (Lipinski definition) is 4. The molecule has 2 heterocycles. The van der Waals surface area contributed by atoms with E-state index in [-0.39, 0.29) is 40.7 Å². The van der Waals surface area contributed by atoms with Crippen molar-refractivity contribution in [1.82, 2.24) is 10.6 Å². The number of nitro benzene ring substituents is 1. The summed E-state index contributed by atoms with van der Waals surface area (Å²) >= 11 is 0. The molecule has 8 heteroatoms. The standard InChI is InChI=1S/C16H22N4O3.HI/c1-2-17-16(19-14-9-13-6-7-15(14)23-13)18-10-11-4-3-5-12(8-11)20(21)22;/h3-5,8,13-15H,2,6-7,9-10H2,1H3,(H2,17,18,19);1H. The largest absolute Gasteiger partial charge is 0.373 e. The van der Waals surface area contributed by atoms with Gasteiger partial charge in [0, 0.05) is 18.7 Å². The van der Waals surface area contributed by atoms with E-state index >= 15 is 0 Å². The van der Waals surface area contributed by atoms with Crippen LogP contribution in [0.4, 0.5) is 5.69 Å². The number of hydrogen-bond donors (Lipinski definition) is 2. The highest BCUT2D eigenvalue weighted by Crippen LogP contribution is 2.34. The van der Waals surface area contributed by atoms with Crippen molar-refractivity contribution in [2.75, 3.05) is 6.54 Å². The molecule has 3 atom stereocenters. The van der Waals surface area contributed by atoms with Gasteiger partial charge in [-0.05, 0) is 31.7 Å². The van der Waals surface area contributed by atoms with Crippen LogP contribution in [0.15, 0.2) is 29.3 Å². The predicted molar refractivity (Wildman–Crippen MR) is 103 cm³/mol. The minimum atomic E-state index is -0.386. The Morgan fingerprint density at radius 3 is 2.92 bits per heavy atom. The van der Waals surface area contributed by atoms with Gasteiger partial charge in [0.15, 0.2) is 5.96 Å². The number of non-ortho nitro benzene ring substituents is 1. The van der Waals surface area contributed by atoms with E-state index in [1.54, 1.807) is 12.1 Å². The Morgan fingerprint density at radius 2 is 2.29 bits per heavy atom. The first-order valence-electron chi connectivity index (χ1n) is 8.09. The van der Waals surface area contributed by atoms with Gasteiger partial charge in [0.05, 0.1) is 29.7 Å². The van der Waals surface area contributed by atoms with Crippen LogP contribution in [0.3, 0.4) is 0 Å². The number of nitrogens with zero attached hydrogens (tertiary/aromatic N) is 2. The summed E-state index contributed by atoms with van der Waals surface area (Å²) < 4.78 is 5.85. The lowest BCUT2D eigenvalue weighted by Gasteiger charge is -2.22. The number of nitro groups is 1. The van der Waals surface area contributed by atoms with Gasteiger partial charge in [-0.2, -0.15) is 0 Å². The van der Waals surface area contributed by atoms with Crippen LogP contribution in [0, 0.1) is 10.1 Å². The quantitative estimate of drug-likeness (QED) is 0.239. The number of halogens is 1. The second kappa shape index (κ2) is 8.61. The topological polar surface area (TPSA) is 88.8 Å². The lowest BCUT2D eigenvalue weighted by molar-refractivity contribution is -0.384. The summed E-state index contributed by atoms with van der Waals surface area (Å²) in [5, 5.41) is 17.5. The zero-order chi connectivity index (χ0) is 16.2. The van der Waals surface area contributed by atoms with Crippen LogP contribution in [-0.4, -0.2) is 35.7 Å². The van der Waals surface area contributed by atoms with E-state index in [1.807, 2.05) is 13.0 Å². The summed E-state index contributed by atoms with van der Waals surface area (Å²) in [4.78, 5) is 15.0. The Morgan fingerprint density at radius 1 is 1.46 bits per heavy atom. The van der Waals surface area contributed by atoms with Gasteiger partial charge in [0.1, 0.15) is 0 Å². The Labute approximate surface area is 158 Å². The minimum absolute atomic E-state index is 0. The summed E-state index contributed by atoms with van der Waals surface area (Å²) in [5.74, 6) is 0.736. The van der Waals surface area contributed by atoms with Crippen molar-refractivity contribution in [1.29, 1.82) is 0 Å². The fourth-order valence-electron chi connectivity index (χ4n) is 3.22. The molecule has 2 aliphatic rings. The molecular formula is C16H23IN4O3. The van der Waals surface area contributed by atoms with Crippen molar-refractivity contribution in [3.05, 3.63) is 39.9 Å². The van der Waals surface area contributed by atoms with Gasteiger partial charge >= 0.3 is 0 Å². The van der Waals surface area contributed by atoms with E-state index in [0.29, 0.717) is 18.7 Å². The molecule has 3 unspecified atom stereocenters. The number of nitrogens with one attached hydrogen (secondary N) is 2. The van der Waals surface area contributed by atoms with Crippen LogP contribution in [0.5, 0.6) is 0 Å². The lowest BCUT2D eigenvalue weighted by atomic mass is 9.96. The monoisotopic (exact) mass is 446 g/mol. The number of fused-ring (bicyclic) bond motifs is 2. The molecule has 2 fully saturated rings. The van der Waals surface area contributed by atoms with Gasteiger partial charge in [-0.1, -0.05) is 12.1 Å². The Hall–Kier alpha value is -1.42. The average Bonchev–Trinajstić information content (AvgIpc) is 3.16. The summed E-state index contributed by atoms with van der Waals surface area (Å²) in [6.07, 6.45) is 3.95. The molecule has 0 radical (unpaired) electrons. The van der Waals surface area contributed by atoms with Crippen LogP contribution < -0.4 is 10.6 Å². The third-order valence-corrected chi connectivity index (χ3v) is 4.31. The molecule has 0 aliphatic carbocycles. The molecule has 7 nitrogen and oxygen atoms in total. The summed E-state index contributed by atoms with van der Waals surface area (Å²) in [6.45, 7) is 3.18. The Kier molecular flexibility index (Phi) is 6.79. The molecular weight excluding hydrogens is 423 g/mol. The first kappa shape index (κ1) is 18.9. The van der Waals surface area contributed by atoms with Crippen molar-refractivity contribution >= 4 is 35.6 Å².